The van der Waals surface area contributed by atoms with Crippen LogP contribution in [0.3, 0.4) is 0 Å². The summed E-state index contributed by atoms with van der Waals surface area (Å²) < 4.78 is 2.18. The molecule has 0 aliphatic carbocycles. The number of aromatic nitrogens is 2. The summed E-state index contributed by atoms with van der Waals surface area (Å²) in [6, 6.07) is 36.2. The molecule has 6 aromatic rings. The summed E-state index contributed by atoms with van der Waals surface area (Å²) >= 11 is 6.36. The monoisotopic (exact) mass is 446 g/mol. The molecule has 2 aromatic heterocycles. The van der Waals surface area contributed by atoms with Gasteiger partial charge in [-0.25, -0.2) is 0 Å². The lowest BCUT2D eigenvalue weighted by Crippen LogP contribution is -2.04. The SMILES string of the molecule is Cn1cc(C(c2ccccc2)c2c(-c3ccccc3)[nH]c3ccccc23)c2ccc(Cl)cc21. The van der Waals surface area contributed by atoms with E-state index in [4.69, 9.17) is 11.6 Å². The Morgan fingerprint density at radius 1 is 0.758 bits per heavy atom. The Balaban J connectivity index is 1.72. The molecule has 0 amide bonds. The highest BCUT2D eigenvalue weighted by Crippen LogP contribution is 2.44. The molecule has 33 heavy (non-hydrogen) atoms. The van der Waals surface area contributed by atoms with E-state index in [1.165, 1.54) is 33.0 Å². The number of aromatic amines is 1. The molecule has 0 spiro atoms. The van der Waals surface area contributed by atoms with Crippen molar-refractivity contribution < 1.29 is 0 Å². The number of aryl methyl sites for hydroxylation is 1. The van der Waals surface area contributed by atoms with Crippen LogP contribution in [0.5, 0.6) is 0 Å². The number of hydrogen-bond donors (Lipinski definition) is 1. The lowest BCUT2D eigenvalue weighted by molar-refractivity contribution is 0.932. The molecule has 1 N–H and O–H groups in total. The van der Waals surface area contributed by atoms with Crippen LogP contribution in [0.15, 0.2) is 109 Å². The molecule has 2 nitrogen and oxygen atoms in total. The van der Waals surface area contributed by atoms with E-state index in [-0.39, 0.29) is 5.92 Å². The summed E-state index contributed by atoms with van der Waals surface area (Å²) in [6.07, 6.45) is 2.26. The molecule has 2 heterocycles. The van der Waals surface area contributed by atoms with E-state index in [1.807, 2.05) is 6.07 Å². The largest absolute Gasteiger partial charge is 0.354 e. The maximum absolute atomic E-state index is 6.36. The van der Waals surface area contributed by atoms with Gasteiger partial charge >= 0.3 is 0 Å². The van der Waals surface area contributed by atoms with Gasteiger partial charge in [0.1, 0.15) is 0 Å². The van der Waals surface area contributed by atoms with Crippen LogP contribution >= 0.6 is 11.6 Å². The number of halogens is 1. The molecule has 0 fully saturated rings. The van der Waals surface area contributed by atoms with Gasteiger partial charge in [-0.05, 0) is 40.5 Å². The van der Waals surface area contributed by atoms with Gasteiger partial charge in [0, 0.05) is 46.0 Å². The van der Waals surface area contributed by atoms with Crippen LogP contribution in [-0.2, 0) is 7.05 Å². The highest BCUT2D eigenvalue weighted by Gasteiger charge is 2.27. The van der Waals surface area contributed by atoms with Crippen molar-refractivity contribution in [3.63, 3.8) is 0 Å². The topological polar surface area (TPSA) is 20.7 Å². The van der Waals surface area contributed by atoms with Gasteiger partial charge in [-0.3, -0.25) is 0 Å². The first-order chi connectivity index (χ1) is 16.2. The summed E-state index contributed by atoms with van der Waals surface area (Å²) in [6.45, 7) is 0. The predicted octanol–water partition coefficient (Wildman–Crippen LogP) is 8.16. The minimum atomic E-state index is 0.0578. The lowest BCUT2D eigenvalue weighted by atomic mass is 9.82. The Bertz CT molecular complexity index is 1580. The minimum Gasteiger partial charge on any atom is -0.354 e. The first kappa shape index (κ1) is 19.9. The molecule has 3 heteroatoms. The van der Waals surface area contributed by atoms with Crippen molar-refractivity contribution >= 4 is 33.4 Å². The maximum Gasteiger partial charge on any atom is 0.0507 e. The fourth-order valence-electron chi connectivity index (χ4n) is 5.06. The Morgan fingerprint density at radius 2 is 1.45 bits per heavy atom. The van der Waals surface area contributed by atoms with Crippen molar-refractivity contribution in [1.82, 2.24) is 9.55 Å². The molecule has 160 valence electrons. The van der Waals surface area contributed by atoms with Crippen molar-refractivity contribution in [2.24, 2.45) is 7.05 Å². The quantitative estimate of drug-likeness (QED) is 0.282. The number of hydrogen-bond acceptors (Lipinski definition) is 0. The van der Waals surface area contributed by atoms with Crippen molar-refractivity contribution in [3.8, 4) is 11.3 Å². The van der Waals surface area contributed by atoms with Crippen molar-refractivity contribution in [2.75, 3.05) is 0 Å². The molecule has 0 aliphatic heterocycles. The Kier molecular flexibility index (Phi) is 4.82. The van der Waals surface area contributed by atoms with Crippen LogP contribution in [0.25, 0.3) is 33.1 Å². The number of benzene rings is 4. The number of fused-ring (bicyclic) bond motifs is 2. The third kappa shape index (κ3) is 3.35. The van der Waals surface area contributed by atoms with Crippen LogP contribution in [0.4, 0.5) is 0 Å². The Hall–Kier alpha value is -3.75. The van der Waals surface area contributed by atoms with Crippen LogP contribution in [0, 0.1) is 0 Å². The van der Waals surface area contributed by atoms with Crippen LogP contribution in [-0.4, -0.2) is 9.55 Å². The lowest BCUT2D eigenvalue weighted by Gasteiger charge is -2.20. The standard InChI is InChI=1S/C30H23ClN2/c1-33-19-25(23-17-16-22(31)18-27(23)33)28(20-10-4-2-5-11-20)29-24-14-8-9-15-26(24)32-30(29)21-12-6-3-7-13-21/h2-19,28,32H,1H3. The molecule has 6 rings (SSSR count). The van der Waals surface area contributed by atoms with E-state index in [2.05, 4.69) is 120 Å². The highest BCUT2D eigenvalue weighted by molar-refractivity contribution is 6.31. The van der Waals surface area contributed by atoms with Crippen molar-refractivity contribution in [2.45, 2.75) is 5.92 Å². The first-order valence-corrected chi connectivity index (χ1v) is 11.5. The maximum atomic E-state index is 6.36. The summed E-state index contributed by atoms with van der Waals surface area (Å²) in [4.78, 5) is 3.74. The van der Waals surface area contributed by atoms with E-state index in [1.54, 1.807) is 0 Å². The van der Waals surface area contributed by atoms with Gasteiger partial charge < -0.3 is 9.55 Å². The molecule has 0 saturated heterocycles. The highest BCUT2D eigenvalue weighted by atomic mass is 35.5. The second kappa shape index (κ2) is 7.99. The number of nitrogens with one attached hydrogen (secondary N) is 1. The first-order valence-electron chi connectivity index (χ1n) is 11.2. The average molecular weight is 447 g/mol. The summed E-state index contributed by atoms with van der Waals surface area (Å²) in [7, 11) is 2.09. The summed E-state index contributed by atoms with van der Waals surface area (Å²) in [5.41, 5.74) is 8.48. The normalized spacial score (nSPS) is 12.4. The average Bonchev–Trinajstić information content (AvgIpc) is 3.39. The van der Waals surface area contributed by atoms with E-state index in [9.17, 15) is 0 Å². The van der Waals surface area contributed by atoms with E-state index >= 15 is 0 Å². The zero-order valence-corrected chi connectivity index (χ0v) is 19.1. The third-order valence-corrected chi connectivity index (χ3v) is 6.76. The van der Waals surface area contributed by atoms with Crippen LogP contribution < -0.4 is 0 Å². The molecule has 1 unspecified atom stereocenters. The van der Waals surface area contributed by atoms with Crippen LogP contribution in [0.1, 0.15) is 22.6 Å². The van der Waals surface area contributed by atoms with Crippen LogP contribution in [0.2, 0.25) is 5.02 Å². The smallest absolute Gasteiger partial charge is 0.0507 e. The molecule has 0 radical (unpaired) electrons. The van der Waals surface area contributed by atoms with Gasteiger partial charge in [-0.2, -0.15) is 0 Å². The molecular weight excluding hydrogens is 424 g/mol. The van der Waals surface area contributed by atoms with Gasteiger partial charge in [-0.1, -0.05) is 96.5 Å². The molecule has 0 saturated carbocycles. The fraction of sp³-hybridized carbons (Fsp3) is 0.0667. The summed E-state index contributed by atoms with van der Waals surface area (Å²) in [5.74, 6) is 0.0578. The minimum absolute atomic E-state index is 0.0578. The van der Waals surface area contributed by atoms with Gasteiger partial charge in [-0.15, -0.1) is 0 Å². The van der Waals surface area contributed by atoms with Crippen molar-refractivity contribution in [3.05, 3.63) is 131 Å². The Morgan fingerprint density at radius 3 is 2.24 bits per heavy atom. The fourth-order valence-corrected chi connectivity index (χ4v) is 5.23. The second-order valence-electron chi connectivity index (χ2n) is 8.53. The molecule has 0 aliphatic rings. The van der Waals surface area contributed by atoms with Gasteiger partial charge in [0.15, 0.2) is 0 Å². The van der Waals surface area contributed by atoms with Crippen molar-refractivity contribution in [1.29, 1.82) is 0 Å². The molecule has 0 bridgehead atoms. The zero-order valence-electron chi connectivity index (χ0n) is 18.3. The number of nitrogens with zero attached hydrogens (tertiary/aromatic N) is 1. The van der Waals surface area contributed by atoms with E-state index in [0.29, 0.717) is 0 Å². The zero-order chi connectivity index (χ0) is 22.4. The Labute approximate surface area is 198 Å². The van der Waals surface area contributed by atoms with Gasteiger partial charge in [0.05, 0.1) is 5.69 Å². The summed E-state index contributed by atoms with van der Waals surface area (Å²) in [5, 5.41) is 3.22. The molecule has 1 atom stereocenters. The van der Waals surface area contributed by atoms with Gasteiger partial charge in [0.25, 0.3) is 0 Å². The third-order valence-electron chi connectivity index (χ3n) is 6.52. The predicted molar refractivity (Wildman–Crippen MR) is 139 cm³/mol. The van der Waals surface area contributed by atoms with E-state index < -0.39 is 0 Å². The number of H-pyrrole nitrogens is 1. The molecular formula is C30H23ClN2. The van der Waals surface area contributed by atoms with E-state index in [0.717, 1.165) is 21.7 Å². The van der Waals surface area contributed by atoms with Gasteiger partial charge in [0.2, 0.25) is 0 Å². The molecule has 4 aromatic carbocycles. The number of para-hydroxylation sites is 1. The number of rotatable bonds is 4. The second-order valence-corrected chi connectivity index (χ2v) is 8.96.